The van der Waals surface area contributed by atoms with E-state index in [1.807, 2.05) is 30.3 Å². The maximum absolute atomic E-state index is 12.6. The van der Waals surface area contributed by atoms with Gasteiger partial charge in [0.1, 0.15) is 17.3 Å². The van der Waals surface area contributed by atoms with E-state index in [1.54, 1.807) is 17.7 Å². The van der Waals surface area contributed by atoms with Gasteiger partial charge in [-0.05, 0) is 35.1 Å². The summed E-state index contributed by atoms with van der Waals surface area (Å²) in [5, 5.41) is 5.26. The minimum Gasteiger partial charge on any atom is -0.457 e. The second-order valence-electron chi connectivity index (χ2n) is 8.02. The molecule has 0 aliphatic heterocycles. The molecule has 3 rings (SSSR count). The number of hydrogen-bond acceptors (Lipinski definition) is 3. The van der Waals surface area contributed by atoms with Crippen LogP contribution in [0.4, 0.5) is 0 Å². The second-order valence-corrected chi connectivity index (χ2v) is 8.79. The molecule has 6 heteroatoms. The Kier molecular flexibility index (Phi) is 6.35. The van der Waals surface area contributed by atoms with Gasteiger partial charge in [0.25, 0.3) is 0 Å². The number of carbonyl (C=O) groups excluding carboxylic acids is 1. The molecule has 0 aliphatic rings. The Hall–Kier alpha value is -2.30. The SMILES string of the molecule is Cc1nn(Cc2ccccc2Cl)c(Cl)c1C(=O)OCc1ccc(C(C)(C)C)cc1. The molecule has 152 valence electrons. The van der Waals surface area contributed by atoms with Gasteiger partial charge < -0.3 is 4.74 Å². The van der Waals surface area contributed by atoms with E-state index in [9.17, 15) is 4.79 Å². The number of ether oxygens (including phenoxy) is 1. The third-order valence-corrected chi connectivity index (χ3v) is 5.49. The van der Waals surface area contributed by atoms with Crippen LogP contribution in [-0.2, 0) is 23.3 Å². The van der Waals surface area contributed by atoms with Crippen molar-refractivity contribution in [2.45, 2.75) is 46.3 Å². The average molecular weight is 431 g/mol. The quantitative estimate of drug-likeness (QED) is 0.452. The molecule has 0 amide bonds. The number of esters is 1. The zero-order valence-corrected chi connectivity index (χ0v) is 18.5. The molecular formula is C23H24Cl2N2O2. The fourth-order valence-electron chi connectivity index (χ4n) is 3.00. The number of aromatic nitrogens is 2. The van der Waals surface area contributed by atoms with Gasteiger partial charge in [-0.25, -0.2) is 9.48 Å². The Balaban J connectivity index is 1.71. The average Bonchev–Trinajstić information content (AvgIpc) is 2.94. The molecule has 0 atom stereocenters. The van der Waals surface area contributed by atoms with Crippen molar-refractivity contribution in [2.75, 3.05) is 0 Å². The highest BCUT2D eigenvalue weighted by Gasteiger charge is 2.22. The topological polar surface area (TPSA) is 44.1 Å². The Morgan fingerprint density at radius 2 is 1.72 bits per heavy atom. The summed E-state index contributed by atoms with van der Waals surface area (Å²) in [5.74, 6) is -0.488. The number of nitrogens with zero attached hydrogens (tertiary/aromatic N) is 2. The first-order valence-corrected chi connectivity index (χ1v) is 10.2. The fraction of sp³-hybridized carbons (Fsp3) is 0.304. The van der Waals surface area contributed by atoms with Gasteiger partial charge in [0.15, 0.2) is 0 Å². The molecule has 1 heterocycles. The first kappa shape index (κ1) is 21.4. The Bertz CT molecular complexity index is 1020. The summed E-state index contributed by atoms with van der Waals surface area (Å²) in [6, 6.07) is 15.5. The molecule has 0 aliphatic carbocycles. The van der Waals surface area contributed by atoms with E-state index in [-0.39, 0.29) is 22.7 Å². The standard InChI is InChI=1S/C23H24Cl2N2O2/c1-15-20(21(25)27(26-15)13-17-7-5-6-8-19(17)24)22(28)29-14-16-9-11-18(12-10-16)23(2,3)4/h5-12H,13-14H2,1-4H3. The second kappa shape index (κ2) is 8.60. The predicted octanol–water partition coefficient (Wildman–Crippen LogP) is 6.20. The zero-order valence-electron chi connectivity index (χ0n) is 17.0. The molecule has 0 unspecified atom stereocenters. The minimum atomic E-state index is -0.488. The van der Waals surface area contributed by atoms with Gasteiger partial charge >= 0.3 is 5.97 Å². The number of hydrogen-bond donors (Lipinski definition) is 0. The van der Waals surface area contributed by atoms with Gasteiger partial charge in [-0.15, -0.1) is 0 Å². The molecule has 0 saturated heterocycles. The van der Waals surface area contributed by atoms with Crippen LogP contribution in [0.2, 0.25) is 10.2 Å². The molecule has 1 aromatic heterocycles. The third kappa shape index (κ3) is 5.01. The van der Waals surface area contributed by atoms with Crippen LogP contribution < -0.4 is 0 Å². The van der Waals surface area contributed by atoms with Crippen molar-refractivity contribution in [1.29, 1.82) is 0 Å². The van der Waals surface area contributed by atoms with Crippen molar-refractivity contribution < 1.29 is 9.53 Å². The third-order valence-electron chi connectivity index (χ3n) is 4.74. The van der Waals surface area contributed by atoms with E-state index >= 15 is 0 Å². The largest absolute Gasteiger partial charge is 0.457 e. The summed E-state index contributed by atoms with van der Waals surface area (Å²) in [6.45, 7) is 8.77. The number of carbonyl (C=O) groups is 1. The Labute approximate surface area is 181 Å². The molecular weight excluding hydrogens is 407 g/mol. The van der Waals surface area contributed by atoms with Crippen molar-refractivity contribution in [1.82, 2.24) is 9.78 Å². The van der Waals surface area contributed by atoms with Crippen LogP contribution in [0.5, 0.6) is 0 Å². The fourth-order valence-corrected chi connectivity index (χ4v) is 3.51. The van der Waals surface area contributed by atoms with Crippen LogP contribution in [0.15, 0.2) is 48.5 Å². The van der Waals surface area contributed by atoms with Crippen molar-refractivity contribution in [3.05, 3.63) is 86.7 Å². The molecule has 4 nitrogen and oxygen atoms in total. The molecule has 0 saturated carbocycles. The monoisotopic (exact) mass is 430 g/mol. The Morgan fingerprint density at radius 1 is 1.07 bits per heavy atom. The molecule has 0 bridgehead atoms. The van der Waals surface area contributed by atoms with Crippen LogP contribution in [0.3, 0.4) is 0 Å². The van der Waals surface area contributed by atoms with E-state index in [2.05, 4.69) is 38.0 Å². The van der Waals surface area contributed by atoms with Crippen molar-refractivity contribution in [3.8, 4) is 0 Å². The lowest BCUT2D eigenvalue weighted by Gasteiger charge is -2.19. The molecule has 0 radical (unpaired) electrons. The summed E-state index contributed by atoms with van der Waals surface area (Å²) in [6.07, 6.45) is 0. The van der Waals surface area contributed by atoms with Gasteiger partial charge in [0, 0.05) is 5.02 Å². The number of halogens is 2. The summed E-state index contributed by atoms with van der Waals surface area (Å²) >= 11 is 12.7. The first-order chi connectivity index (χ1) is 13.7. The predicted molar refractivity (Wildman–Crippen MR) is 117 cm³/mol. The maximum atomic E-state index is 12.6. The highest BCUT2D eigenvalue weighted by atomic mass is 35.5. The van der Waals surface area contributed by atoms with Crippen LogP contribution in [-0.4, -0.2) is 15.7 Å². The summed E-state index contributed by atoms with van der Waals surface area (Å²) in [5.41, 5.74) is 3.91. The lowest BCUT2D eigenvalue weighted by Crippen LogP contribution is -2.11. The summed E-state index contributed by atoms with van der Waals surface area (Å²) in [7, 11) is 0. The van der Waals surface area contributed by atoms with Crippen LogP contribution >= 0.6 is 23.2 Å². The lowest BCUT2D eigenvalue weighted by molar-refractivity contribution is 0.0472. The van der Waals surface area contributed by atoms with E-state index in [0.29, 0.717) is 17.3 Å². The highest BCUT2D eigenvalue weighted by Crippen LogP contribution is 2.25. The van der Waals surface area contributed by atoms with Gasteiger partial charge in [0.2, 0.25) is 0 Å². The van der Waals surface area contributed by atoms with Crippen molar-refractivity contribution in [3.63, 3.8) is 0 Å². The summed E-state index contributed by atoms with van der Waals surface area (Å²) < 4.78 is 7.05. The molecule has 2 aromatic carbocycles. The normalized spacial score (nSPS) is 11.5. The Morgan fingerprint density at radius 3 is 2.34 bits per heavy atom. The van der Waals surface area contributed by atoms with Gasteiger partial charge in [-0.2, -0.15) is 5.10 Å². The number of rotatable bonds is 5. The van der Waals surface area contributed by atoms with E-state index in [1.165, 1.54) is 5.56 Å². The molecule has 0 fully saturated rings. The van der Waals surface area contributed by atoms with Crippen LogP contribution in [0.25, 0.3) is 0 Å². The van der Waals surface area contributed by atoms with E-state index < -0.39 is 5.97 Å². The minimum absolute atomic E-state index is 0.0794. The molecule has 0 spiro atoms. The zero-order chi connectivity index (χ0) is 21.2. The number of benzene rings is 2. The van der Waals surface area contributed by atoms with Gasteiger partial charge in [-0.3, -0.25) is 0 Å². The molecule has 0 N–H and O–H groups in total. The van der Waals surface area contributed by atoms with Crippen LogP contribution in [0.1, 0.15) is 53.5 Å². The molecule has 3 aromatic rings. The van der Waals surface area contributed by atoms with E-state index in [0.717, 1.165) is 11.1 Å². The smallest absolute Gasteiger partial charge is 0.343 e. The van der Waals surface area contributed by atoms with E-state index in [4.69, 9.17) is 27.9 Å². The van der Waals surface area contributed by atoms with Crippen LogP contribution in [0, 0.1) is 6.92 Å². The summed E-state index contributed by atoms with van der Waals surface area (Å²) in [4.78, 5) is 12.6. The highest BCUT2D eigenvalue weighted by molar-refractivity contribution is 6.33. The first-order valence-electron chi connectivity index (χ1n) is 9.39. The van der Waals surface area contributed by atoms with Crippen molar-refractivity contribution >= 4 is 29.2 Å². The lowest BCUT2D eigenvalue weighted by atomic mass is 9.87. The van der Waals surface area contributed by atoms with Crippen molar-refractivity contribution in [2.24, 2.45) is 0 Å². The van der Waals surface area contributed by atoms with Gasteiger partial charge in [-0.1, -0.05) is 86.4 Å². The van der Waals surface area contributed by atoms with Gasteiger partial charge in [0.05, 0.1) is 12.2 Å². The number of aryl methyl sites for hydroxylation is 1. The molecule has 29 heavy (non-hydrogen) atoms. The maximum Gasteiger partial charge on any atom is 0.343 e.